The van der Waals surface area contributed by atoms with Crippen molar-refractivity contribution >= 4 is 22.6 Å². The van der Waals surface area contributed by atoms with E-state index >= 15 is 0 Å². The highest BCUT2D eigenvalue weighted by Gasteiger charge is 2.44. The Morgan fingerprint density at radius 1 is 1.17 bits per heavy atom. The highest BCUT2D eigenvalue weighted by molar-refractivity contribution is 5.92. The van der Waals surface area contributed by atoms with Gasteiger partial charge in [-0.1, -0.05) is 31.4 Å². The van der Waals surface area contributed by atoms with Crippen molar-refractivity contribution < 1.29 is 0 Å². The van der Waals surface area contributed by atoms with Gasteiger partial charge in [0.05, 0.1) is 5.52 Å². The molecule has 1 N–H and O–H groups in total. The van der Waals surface area contributed by atoms with Crippen LogP contribution in [0.5, 0.6) is 0 Å². The number of hydrogen-bond donors (Lipinski definition) is 1. The molecule has 1 spiro atoms. The fourth-order valence-corrected chi connectivity index (χ4v) is 4.14. The van der Waals surface area contributed by atoms with Crippen molar-refractivity contribution in [1.82, 2.24) is 20.2 Å². The van der Waals surface area contributed by atoms with E-state index in [9.17, 15) is 0 Å². The summed E-state index contributed by atoms with van der Waals surface area (Å²) in [5.74, 6) is 0. The summed E-state index contributed by atoms with van der Waals surface area (Å²) in [6.45, 7) is 13.8. The molecule has 154 valence electrons. The lowest BCUT2D eigenvalue weighted by Gasteiger charge is -2.30. The first-order chi connectivity index (χ1) is 14.5. The van der Waals surface area contributed by atoms with Crippen molar-refractivity contribution in [2.45, 2.75) is 25.3 Å². The van der Waals surface area contributed by atoms with Crippen LogP contribution in [0.4, 0.5) is 0 Å². The van der Waals surface area contributed by atoms with Gasteiger partial charge in [0.2, 0.25) is 0 Å². The molecule has 2 fully saturated rings. The first-order valence-electron chi connectivity index (χ1n) is 10.6. The van der Waals surface area contributed by atoms with Gasteiger partial charge in [-0.3, -0.25) is 9.97 Å². The molecule has 4 nitrogen and oxygen atoms in total. The summed E-state index contributed by atoms with van der Waals surface area (Å²) in [5, 5.41) is 4.65. The third-order valence-electron chi connectivity index (χ3n) is 6.10. The van der Waals surface area contributed by atoms with Gasteiger partial charge in [-0.05, 0) is 67.8 Å². The van der Waals surface area contributed by atoms with Gasteiger partial charge in [-0.2, -0.15) is 0 Å². The molecule has 0 radical (unpaired) electrons. The van der Waals surface area contributed by atoms with Crippen LogP contribution in [0.2, 0.25) is 0 Å². The normalized spacial score (nSPS) is 17.3. The minimum absolute atomic E-state index is 0.576. The molecule has 0 atom stereocenters. The molecule has 30 heavy (non-hydrogen) atoms. The number of likely N-dealkylation sites (N-methyl/N-ethyl adjacent to an activating group) is 1. The molecule has 0 bridgehead atoms. The van der Waals surface area contributed by atoms with Gasteiger partial charge in [0.1, 0.15) is 0 Å². The van der Waals surface area contributed by atoms with Gasteiger partial charge in [-0.25, -0.2) is 0 Å². The second-order valence-electron chi connectivity index (χ2n) is 8.40. The van der Waals surface area contributed by atoms with E-state index in [0.717, 1.165) is 38.9 Å². The van der Waals surface area contributed by atoms with Crippen LogP contribution in [0.15, 0.2) is 61.9 Å². The Kier molecular flexibility index (Phi) is 5.80. The summed E-state index contributed by atoms with van der Waals surface area (Å²) in [5.41, 5.74) is 6.73. The van der Waals surface area contributed by atoms with Crippen LogP contribution >= 0.6 is 0 Å². The molecule has 0 amide bonds. The Bertz CT molecular complexity index is 1080. The number of aryl methyl sites for hydroxylation is 1. The smallest absolute Gasteiger partial charge is 0.0708 e. The molecule has 5 rings (SSSR count). The minimum Gasteiger partial charge on any atom is -0.309 e. The molecule has 1 aliphatic heterocycles. The average Bonchev–Trinajstić information content (AvgIpc) is 3.51. The first-order valence-corrected chi connectivity index (χ1v) is 10.6. The largest absolute Gasteiger partial charge is 0.309 e. The van der Waals surface area contributed by atoms with Crippen LogP contribution in [0.3, 0.4) is 0 Å². The van der Waals surface area contributed by atoms with Gasteiger partial charge < -0.3 is 10.2 Å². The number of pyridine rings is 2. The molecule has 1 aliphatic carbocycles. The first kappa shape index (κ1) is 20.5. The maximum atomic E-state index is 4.39. The highest BCUT2D eigenvalue weighted by atomic mass is 15.2. The Morgan fingerprint density at radius 2 is 2.00 bits per heavy atom. The van der Waals surface area contributed by atoms with Crippen LogP contribution in [-0.4, -0.2) is 47.1 Å². The summed E-state index contributed by atoms with van der Waals surface area (Å²) in [6, 6.07) is 12.1. The minimum atomic E-state index is 0.576. The van der Waals surface area contributed by atoms with Crippen molar-refractivity contribution in [3.05, 3.63) is 84.3 Å². The van der Waals surface area contributed by atoms with Crippen molar-refractivity contribution in [1.29, 1.82) is 0 Å². The van der Waals surface area contributed by atoms with E-state index < -0.39 is 0 Å². The van der Waals surface area contributed by atoms with Gasteiger partial charge in [-0.15, -0.1) is 0 Å². The van der Waals surface area contributed by atoms with Crippen LogP contribution in [0.1, 0.15) is 35.2 Å². The molecule has 2 aromatic heterocycles. The highest BCUT2D eigenvalue weighted by Crippen LogP contribution is 2.36. The van der Waals surface area contributed by atoms with Gasteiger partial charge in [0.25, 0.3) is 0 Å². The lowest BCUT2D eigenvalue weighted by Crippen LogP contribution is -2.50. The fraction of sp³-hybridized carbons (Fsp3) is 0.308. The Hall–Kier alpha value is -2.82. The van der Waals surface area contributed by atoms with Crippen molar-refractivity contribution in [3.8, 4) is 0 Å². The van der Waals surface area contributed by atoms with E-state index in [1.165, 1.54) is 32.5 Å². The van der Waals surface area contributed by atoms with Gasteiger partial charge in [0.15, 0.2) is 0 Å². The SMILES string of the molecule is C=Cc1ccnc2ccc(C(=C)c3cccnc3C)cc12.CN1CCNC2(CC2)C1. The van der Waals surface area contributed by atoms with Crippen molar-refractivity contribution in [2.75, 3.05) is 26.7 Å². The summed E-state index contributed by atoms with van der Waals surface area (Å²) in [6.07, 6.45) is 8.26. The molecule has 0 unspecified atom stereocenters. The average molecular weight is 399 g/mol. The number of nitrogens with one attached hydrogen (secondary N) is 1. The monoisotopic (exact) mass is 398 g/mol. The van der Waals surface area contributed by atoms with E-state index in [1.807, 2.05) is 37.3 Å². The fourth-order valence-electron chi connectivity index (χ4n) is 4.14. The van der Waals surface area contributed by atoms with Crippen LogP contribution in [-0.2, 0) is 0 Å². The summed E-state index contributed by atoms with van der Waals surface area (Å²) in [4.78, 5) is 11.1. The number of fused-ring (bicyclic) bond motifs is 1. The van der Waals surface area contributed by atoms with Gasteiger partial charge >= 0.3 is 0 Å². The number of benzene rings is 1. The quantitative estimate of drug-likeness (QED) is 0.694. The zero-order valence-electron chi connectivity index (χ0n) is 18.0. The van der Waals surface area contributed by atoms with E-state index in [4.69, 9.17) is 0 Å². The van der Waals surface area contributed by atoms with E-state index in [-0.39, 0.29) is 0 Å². The number of piperazine rings is 1. The second-order valence-corrected chi connectivity index (χ2v) is 8.40. The molecular formula is C26H30N4. The third kappa shape index (κ3) is 4.35. The molecule has 2 aliphatic rings. The summed E-state index contributed by atoms with van der Waals surface area (Å²) in [7, 11) is 2.21. The summed E-state index contributed by atoms with van der Waals surface area (Å²) < 4.78 is 0. The third-order valence-corrected chi connectivity index (χ3v) is 6.10. The van der Waals surface area contributed by atoms with E-state index in [0.29, 0.717) is 5.54 Å². The van der Waals surface area contributed by atoms with Crippen LogP contribution in [0, 0.1) is 6.92 Å². The molecule has 3 aromatic rings. The number of aromatic nitrogens is 2. The number of hydrogen-bond acceptors (Lipinski definition) is 4. The summed E-state index contributed by atoms with van der Waals surface area (Å²) >= 11 is 0. The molecule has 3 heterocycles. The van der Waals surface area contributed by atoms with Crippen molar-refractivity contribution in [2.24, 2.45) is 0 Å². The maximum Gasteiger partial charge on any atom is 0.0708 e. The molecular weight excluding hydrogens is 368 g/mol. The van der Waals surface area contributed by atoms with Crippen LogP contribution < -0.4 is 5.32 Å². The maximum absolute atomic E-state index is 4.39. The van der Waals surface area contributed by atoms with Crippen LogP contribution in [0.25, 0.3) is 22.6 Å². The zero-order valence-corrected chi connectivity index (χ0v) is 18.0. The molecule has 1 saturated heterocycles. The standard InChI is InChI=1S/C19H16N2.C7H14N2/c1-4-15-9-11-21-19-8-7-16(12-18(15)19)13(2)17-6-5-10-20-14(17)3;1-9-5-4-8-7(6-9)2-3-7/h4-12H,1-2H2,3H3;8H,2-6H2,1H3. The lowest BCUT2D eigenvalue weighted by atomic mass is 9.96. The Labute approximate surface area is 179 Å². The van der Waals surface area contributed by atoms with E-state index in [1.54, 1.807) is 12.4 Å². The predicted molar refractivity (Wildman–Crippen MR) is 126 cm³/mol. The molecule has 1 aromatic carbocycles. The second kappa shape index (κ2) is 8.50. The van der Waals surface area contributed by atoms with Crippen molar-refractivity contribution in [3.63, 3.8) is 0 Å². The number of nitrogens with zero attached hydrogens (tertiary/aromatic N) is 3. The topological polar surface area (TPSA) is 41.1 Å². The Balaban J connectivity index is 0.000000200. The molecule has 1 saturated carbocycles. The lowest BCUT2D eigenvalue weighted by molar-refractivity contribution is 0.227. The van der Waals surface area contributed by atoms with E-state index in [2.05, 4.69) is 52.5 Å². The number of rotatable bonds is 3. The Morgan fingerprint density at radius 3 is 2.67 bits per heavy atom. The predicted octanol–water partition coefficient (Wildman–Crippen LogP) is 4.70. The zero-order chi connectivity index (χ0) is 21.1. The molecule has 4 heteroatoms. The van der Waals surface area contributed by atoms with Gasteiger partial charge in [0, 0.05) is 54.2 Å².